The number of nitrogens with zero attached hydrogens (tertiary/aromatic N) is 1. The van der Waals surface area contributed by atoms with E-state index in [-0.39, 0.29) is 30.7 Å². The first kappa shape index (κ1) is 17.7. The van der Waals surface area contributed by atoms with Gasteiger partial charge in [-0.1, -0.05) is 60.7 Å². The predicted molar refractivity (Wildman–Crippen MR) is 107 cm³/mol. The molecule has 0 unspecified atom stereocenters. The number of imide groups is 1. The molecule has 28 heavy (non-hydrogen) atoms. The number of carbonyl (C=O) groups excluding carboxylic acids is 3. The molecule has 3 aromatic rings. The number of nitrogens with one attached hydrogen (secondary N) is 1. The van der Waals surface area contributed by atoms with Crippen molar-refractivity contribution in [2.24, 2.45) is 0 Å². The topological polar surface area (TPSA) is 66.5 Å². The lowest BCUT2D eigenvalue weighted by Crippen LogP contribution is -2.32. The number of rotatable bonds is 5. The second-order valence-electron chi connectivity index (χ2n) is 6.52. The largest absolute Gasteiger partial charge is 0.325 e. The van der Waals surface area contributed by atoms with Crippen molar-refractivity contribution in [3.63, 3.8) is 0 Å². The number of anilines is 1. The van der Waals surface area contributed by atoms with Crippen molar-refractivity contribution >= 4 is 23.4 Å². The molecule has 0 radical (unpaired) electrons. The maximum atomic E-state index is 12.5. The Balaban J connectivity index is 1.44. The van der Waals surface area contributed by atoms with Gasteiger partial charge in [0, 0.05) is 24.2 Å². The molecule has 5 nitrogen and oxygen atoms in total. The summed E-state index contributed by atoms with van der Waals surface area (Å²) in [6.07, 6.45) is 0.0363. The smallest absolute Gasteiger partial charge is 0.261 e. The third-order valence-electron chi connectivity index (χ3n) is 4.73. The minimum Gasteiger partial charge on any atom is -0.325 e. The van der Waals surface area contributed by atoms with Crippen LogP contribution in [0.25, 0.3) is 11.1 Å². The number of fused-ring (bicyclic) bond motifs is 1. The van der Waals surface area contributed by atoms with Crippen LogP contribution in [0.4, 0.5) is 5.69 Å². The Bertz CT molecular complexity index is 1030. The van der Waals surface area contributed by atoms with E-state index in [2.05, 4.69) is 5.32 Å². The summed E-state index contributed by atoms with van der Waals surface area (Å²) >= 11 is 0. The number of carbonyl (C=O) groups is 3. The van der Waals surface area contributed by atoms with Crippen molar-refractivity contribution in [3.8, 4) is 11.1 Å². The monoisotopic (exact) mass is 370 g/mol. The van der Waals surface area contributed by atoms with Gasteiger partial charge in [0.1, 0.15) is 0 Å². The molecule has 0 aliphatic carbocycles. The first-order chi connectivity index (χ1) is 13.6. The third-order valence-corrected chi connectivity index (χ3v) is 4.73. The van der Waals surface area contributed by atoms with Crippen molar-refractivity contribution in [3.05, 3.63) is 90.0 Å². The quantitative estimate of drug-likeness (QED) is 0.691. The van der Waals surface area contributed by atoms with E-state index in [9.17, 15) is 14.4 Å². The van der Waals surface area contributed by atoms with Crippen LogP contribution >= 0.6 is 0 Å². The second-order valence-corrected chi connectivity index (χ2v) is 6.52. The van der Waals surface area contributed by atoms with Gasteiger partial charge >= 0.3 is 0 Å². The molecule has 3 amide bonds. The van der Waals surface area contributed by atoms with Gasteiger partial charge in [0.25, 0.3) is 11.8 Å². The van der Waals surface area contributed by atoms with Crippen molar-refractivity contribution in [1.82, 2.24) is 4.90 Å². The van der Waals surface area contributed by atoms with E-state index in [1.54, 1.807) is 24.3 Å². The molecular weight excluding hydrogens is 352 g/mol. The SMILES string of the molecule is O=C(CCN1C(=O)c2ccccc2C1=O)Nc1ccccc1-c1ccccc1. The summed E-state index contributed by atoms with van der Waals surface area (Å²) < 4.78 is 0. The van der Waals surface area contributed by atoms with Gasteiger partial charge in [-0.25, -0.2) is 0 Å². The van der Waals surface area contributed by atoms with Crippen molar-refractivity contribution in [2.45, 2.75) is 6.42 Å². The molecule has 0 aromatic heterocycles. The van der Waals surface area contributed by atoms with Gasteiger partial charge in [-0.15, -0.1) is 0 Å². The molecule has 0 saturated carbocycles. The molecule has 1 N–H and O–H groups in total. The zero-order chi connectivity index (χ0) is 19.5. The van der Waals surface area contributed by atoms with Crippen LogP contribution in [0.5, 0.6) is 0 Å². The maximum absolute atomic E-state index is 12.5. The summed E-state index contributed by atoms with van der Waals surface area (Å²) in [6, 6.07) is 24.0. The Labute approximate surface area is 162 Å². The van der Waals surface area contributed by atoms with Gasteiger partial charge in [-0.2, -0.15) is 0 Å². The molecule has 3 aromatic carbocycles. The van der Waals surface area contributed by atoms with Gasteiger partial charge in [0.2, 0.25) is 5.91 Å². The molecule has 5 heteroatoms. The Morgan fingerprint density at radius 2 is 1.25 bits per heavy atom. The van der Waals surface area contributed by atoms with Crippen LogP contribution in [0.1, 0.15) is 27.1 Å². The number of hydrogen-bond acceptors (Lipinski definition) is 3. The fourth-order valence-corrected chi connectivity index (χ4v) is 3.33. The van der Waals surface area contributed by atoms with Gasteiger partial charge < -0.3 is 5.32 Å². The molecule has 4 rings (SSSR count). The van der Waals surface area contributed by atoms with Crippen LogP contribution < -0.4 is 5.32 Å². The summed E-state index contributed by atoms with van der Waals surface area (Å²) in [7, 11) is 0. The number of amides is 3. The van der Waals surface area contributed by atoms with E-state index >= 15 is 0 Å². The first-order valence-corrected chi connectivity index (χ1v) is 9.04. The van der Waals surface area contributed by atoms with Gasteiger partial charge in [-0.05, 0) is 23.8 Å². The number of para-hydroxylation sites is 1. The van der Waals surface area contributed by atoms with E-state index in [0.29, 0.717) is 16.8 Å². The highest BCUT2D eigenvalue weighted by Gasteiger charge is 2.34. The van der Waals surface area contributed by atoms with E-state index < -0.39 is 0 Å². The molecule has 1 aliphatic rings. The molecule has 0 fully saturated rings. The highest BCUT2D eigenvalue weighted by Crippen LogP contribution is 2.28. The standard InChI is InChI=1S/C23H18N2O3/c26-21(14-15-25-22(27)18-11-4-5-12-19(18)23(25)28)24-20-13-7-6-10-17(20)16-8-2-1-3-9-16/h1-13H,14-15H2,(H,24,26). The Morgan fingerprint density at radius 3 is 1.89 bits per heavy atom. The Morgan fingerprint density at radius 1 is 0.714 bits per heavy atom. The van der Waals surface area contributed by atoms with E-state index in [4.69, 9.17) is 0 Å². The Hall–Kier alpha value is -3.73. The molecule has 138 valence electrons. The summed E-state index contributed by atoms with van der Waals surface area (Å²) in [6.45, 7) is 0.0473. The van der Waals surface area contributed by atoms with Crippen LogP contribution in [0, 0.1) is 0 Å². The molecule has 1 heterocycles. The fraction of sp³-hybridized carbons (Fsp3) is 0.0870. The summed E-state index contributed by atoms with van der Waals surface area (Å²) in [5.74, 6) is -0.948. The highest BCUT2D eigenvalue weighted by molar-refractivity contribution is 6.21. The lowest BCUT2D eigenvalue weighted by atomic mass is 10.0. The lowest BCUT2D eigenvalue weighted by Gasteiger charge is -2.15. The van der Waals surface area contributed by atoms with Crippen molar-refractivity contribution in [1.29, 1.82) is 0 Å². The number of hydrogen-bond donors (Lipinski definition) is 1. The van der Waals surface area contributed by atoms with Crippen LogP contribution in [-0.2, 0) is 4.79 Å². The predicted octanol–water partition coefficient (Wildman–Crippen LogP) is 3.98. The second kappa shape index (κ2) is 7.48. The van der Waals surface area contributed by atoms with Crippen LogP contribution in [0.3, 0.4) is 0 Å². The lowest BCUT2D eigenvalue weighted by molar-refractivity contribution is -0.116. The van der Waals surface area contributed by atoms with Crippen molar-refractivity contribution in [2.75, 3.05) is 11.9 Å². The average molecular weight is 370 g/mol. The zero-order valence-electron chi connectivity index (χ0n) is 15.1. The minimum absolute atomic E-state index is 0.0363. The van der Waals surface area contributed by atoms with Crippen molar-refractivity contribution < 1.29 is 14.4 Å². The molecule has 0 saturated heterocycles. The molecule has 0 spiro atoms. The maximum Gasteiger partial charge on any atom is 0.261 e. The Kier molecular flexibility index (Phi) is 4.72. The van der Waals surface area contributed by atoms with Gasteiger partial charge in [-0.3, -0.25) is 19.3 Å². The molecular formula is C23H18N2O3. The first-order valence-electron chi connectivity index (χ1n) is 9.04. The summed E-state index contributed by atoms with van der Waals surface area (Å²) in [5, 5.41) is 2.90. The van der Waals surface area contributed by atoms with Crippen LogP contribution in [-0.4, -0.2) is 29.2 Å². The van der Waals surface area contributed by atoms with E-state index in [1.807, 2.05) is 54.6 Å². The van der Waals surface area contributed by atoms with E-state index in [0.717, 1.165) is 16.0 Å². The number of benzene rings is 3. The highest BCUT2D eigenvalue weighted by atomic mass is 16.2. The average Bonchev–Trinajstić information content (AvgIpc) is 2.98. The molecule has 0 bridgehead atoms. The van der Waals surface area contributed by atoms with Gasteiger partial charge in [0.05, 0.1) is 11.1 Å². The summed E-state index contributed by atoms with van der Waals surface area (Å²) in [5.41, 5.74) is 3.39. The summed E-state index contributed by atoms with van der Waals surface area (Å²) in [4.78, 5) is 38.4. The third kappa shape index (κ3) is 3.30. The molecule has 0 atom stereocenters. The van der Waals surface area contributed by atoms with Crippen LogP contribution in [0.15, 0.2) is 78.9 Å². The van der Waals surface area contributed by atoms with Gasteiger partial charge in [0.15, 0.2) is 0 Å². The molecule has 1 aliphatic heterocycles. The minimum atomic E-state index is -0.349. The zero-order valence-corrected chi connectivity index (χ0v) is 15.1. The van der Waals surface area contributed by atoms with E-state index in [1.165, 1.54) is 0 Å². The normalized spacial score (nSPS) is 12.8. The van der Waals surface area contributed by atoms with Crippen LogP contribution in [0.2, 0.25) is 0 Å². The fourth-order valence-electron chi connectivity index (χ4n) is 3.33.